The molecule has 2 aliphatic heterocycles. The van der Waals surface area contributed by atoms with Crippen LogP contribution in [0.4, 0.5) is 0 Å². The van der Waals surface area contributed by atoms with Gasteiger partial charge in [-0.3, -0.25) is 4.79 Å². The lowest BCUT2D eigenvalue weighted by molar-refractivity contribution is -0.154. The van der Waals surface area contributed by atoms with Crippen LogP contribution in [0.3, 0.4) is 0 Å². The van der Waals surface area contributed by atoms with Crippen LogP contribution < -0.4 is 9.47 Å². The quantitative estimate of drug-likeness (QED) is 0.840. The van der Waals surface area contributed by atoms with Gasteiger partial charge in [0.2, 0.25) is 6.79 Å². The average molecular weight is 279 g/mol. The third kappa shape index (κ3) is 2.16. The molecule has 0 saturated carbocycles. The van der Waals surface area contributed by atoms with Crippen molar-refractivity contribution in [2.75, 3.05) is 26.5 Å². The second-order valence-electron chi connectivity index (χ2n) is 4.49. The summed E-state index contributed by atoms with van der Waals surface area (Å²) in [5, 5.41) is 8.96. The van der Waals surface area contributed by atoms with Crippen LogP contribution in [0.15, 0.2) is 18.2 Å². The molecule has 7 heteroatoms. The van der Waals surface area contributed by atoms with Gasteiger partial charge in [0.05, 0.1) is 18.7 Å². The predicted octanol–water partition coefficient (Wildman–Crippen LogP) is 0.341. The topological polar surface area (TPSA) is 85.3 Å². The molecule has 0 radical (unpaired) electrons. The van der Waals surface area contributed by atoms with E-state index >= 15 is 0 Å². The van der Waals surface area contributed by atoms with Crippen molar-refractivity contribution in [2.24, 2.45) is 0 Å². The Morgan fingerprint density at radius 2 is 2.15 bits per heavy atom. The third-order valence-corrected chi connectivity index (χ3v) is 3.26. The maximum atomic E-state index is 12.5. The highest BCUT2D eigenvalue weighted by Gasteiger charge is 2.32. The fraction of sp³-hybridized carbons (Fsp3) is 0.385. The predicted molar refractivity (Wildman–Crippen MR) is 65.8 cm³/mol. The summed E-state index contributed by atoms with van der Waals surface area (Å²) in [6, 6.07) is 5.06. The zero-order chi connectivity index (χ0) is 14.1. The summed E-state index contributed by atoms with van der Waals surface area (Å²) in [6.07, 6.45) is -0.985. The van der Waals surface area contributed by atoms with E-state index in [0.717, 1.165) is 0 Å². The van der Waals surface area contributed by atoms with Gasteiger partial charge in [0.15, 0.2) is 17.6 Å². The minimum absolute atomic E-state index is 0.0265. The smallest absolute Gasteiger partial charge is 0.334 e. The lowest BCUT2D eigenvalue weighted by atomic mass is 10.1. The molecular weight excluding hydrogens is 266 g/mol. The highest BCUT2D eigenvalue weighted by atomic mass is 16.7. The first-order valence-electron chi connectivity index (χ1n) is 6.19. The van der Waals surface area contributed by atoms with Gasteiger partial charge in [-0.2, -0.15) is 0 Å². The Morgan fingerprint density at radius 3 is 2.95 bits per heavy atom. The molecule has 7 nitrogen and oxygen atoms in total. The Balaban J connectivity index is 1.82. The van der Waals surface area contributed by atoms with Gasteiger partial charge in [0, 0.05) is 6.54 Å². The summed E-state index contributed by atoms with van der Waals surface area (Å²) >= 11 is 0. The minimum Gasteiger partial charge on any atom is -0.479 e. The molecule has 0 aromatic heterocycles. The number of amides is 1. The lowest BCUT2D eigenvalue weighted by Gasteiger charge is -2.31. The second-order valence-corrected chi connectivity index (χ2v) is 4.49. The summed E-state index contributed by atoms with van der Waals surface area (Å²) in [5.41, 5.74) is 0.381. The number of carbonyl (C=O) groups excluding carboxylic acids is 1. The molecule has 2 heterocycles. The second kappa shape index (κ2) is 5.01. The van der Waals surface area contributed by atoms with E-state index < -0.39 is 12.1 Å². The van der Waals surface area contributed by atoms with E-state index in [1.165, 1.54) is 4.90 Å². The summed E-state index contributed by atoms with van der Waals surface area (Å²) in [4.78, 5) is 24.9. The van der Waals surface area contributed by atoms with Crippen LogP contribution in [0.2, 0.25) is 0 Å². The molecule has 106 valence electrons. The molecule has 1 saturated heterocycles. The summed E-state index contributed by atoms with van der Waals surface area (Å²) in [5.74, 6) is -0.406. The monoisotopic (exact) mass is 279 g/mol. The Labute approximate surface area is 114 Å². The number of carbonyl (C=O) groups is 2. The molecule has 0 spiro atoms. The van der Waals surface area contributed by atoms with E-state index in [1.807, 2.05) is 0 Å². The molecule has 1 atom stereocenters. The number of para-hydroxylation sites is 1. The SMILES string of the molecule is O=C(O)C1CN(C(=O)c2cccc3c2OCO3)CCO1. The largest absolute Gasteiger partial charge is 0.479 e. The Morgan fingerprint density at radius 1 is 1.30 bits per heavy atom. The summed E-state index contributed by atoms with van der Waals surface area (Å²) in [7, 11) is 0. The number of ether oxygens (including phenoxy) is 3. The number of rotatable bonds is 2. The van der Waals surface area contributed by atoms with Crippen molar-refractivity contribution in [2.45, 2.75) is 6.10 Å². The van der Waals surface area contributed by atoms with Crippen LogP contribution in [0.5, 0.6) is 11.5 Å². The van der Waals surface area contributed by atoms with Crippen LogP contribution in [-0.2, 0) is 9.53 Å². The normalized spacial score (nSPS) is 20.8. The molecule has 1 aromatic rings. The molecule has 1 unspecified atom stereocenters. The van der Waals surface area contributed by atoms with Crippen molar-refractivity contribution in [3.05, 3.63) is 23.8 Å². The van der Waals surface area contributed by atoms with Gasteiger partial charge in [-0.05, 0) is 12.1 Å². The average Bonchev–Trinajstić information content (AvgIpc) is 2.95. The fourth-order valence-electron chi connectivity index (χ4n) is 2.25. The van der Waals surface area contributed by atoms with E-state index in [9.17, 15) is 9.59 Å². The maximum Gasteiger partial charge on any atom is 0.334 e. The molecular formula is C13H13NO6. The van der Waals surface area contributed by atoms with Gasteiger partial charge in [0.1, 0.15) is 0 Å². The highest BCUT2D eigenvalue weighted by Crippen LogP contribution is 2.36. The molecule has 20 heavy (non-hydrogen) atoms. The van der Waals surface area contributed by atoms with Gasteiger partial charge >= 0.3 is 5.97 Å². The standard InChI is InChI=1S/C13H13NO6/c15-12(14-4-5-18-10(6-14)13(16)17)8-2-1-3-9-11(8)20-7-19-9/h1-3,10H,4-7H2,(H,16,17). The maximum absolute atomic E-state index is 12.5. The zero-order valence-corrected chi connectivity index (χ0v) is 10.6. The first kappa shape index (κ1) is 12.7. The number of hydrogen-bond donors (Lipinski definition) is 1. The Kier molecular flexibility index (Phi) is 3.19. The van der Waals surface area contributed by atoms with Crippen molar-refractivity contribution >= 4 is 11.9 Å². The molecule has 1 aromatic carbocycles. The van der Waals surface area contributed by atoms with Crippen LogP contribution >= 0.6 is 0 Å². The first-order valence-corrected chi connectivity index (χ1v) is 6.19. The van der Waals surface area contributed by atoms with Gasteiger partial charge in [-0.25, -0.2) is 4.79 Å². The van der Waals surface area contributed by atoms with Crippen molar-refractivity contribution in [1.29, 1.82) is 0 Å². The number of hydrogen-bond acceptors (Lipinski definition) is 5. The molecule has 0 bridgehead atoms. The Hall–Kier alpha value is -2.28. The van der Waals surface area contributed by atoms with Crippen molar-refractivity contribution in [3.8, 4) is 11.5 Å². The van der Waals surface area contributed by atoms with Crippen LogP contribution in [-0.4, -0.2) is 54.5 Å². The third-order valence-electron chi connectivity index (χ3n) is 3.26. The number of morpholine rings is 1. The van der Waals surface area contributed by atoms with Crippen molar-refractivity contribution in [3.63, 3.8) is 0 Å². The summed E-state index contributed by atoms with van der Waals surface area (Å²) in [6.45, 7) is 0.668. The number of aliphatic carboxylic acids is 1. The zero-order valence-electron chi connectivity index (χ0n) is 10.6. The van der Waals surface area contributed by atoms with Crippen molar-refractivity contribution < 1.29 is 28.9 Å². The first-order chi connectivity index (χ1) is 9.66. The highest BCUT2D eigenvalue weighted by molar-refractivity contribution is 5.98. The van der Waals surface area contributed by atoms with E-state index in [-0.39, 0.29) is 25.9 Å². The molecule has 0 aliphatic carbocycles. The number of fused-ring (bicyclic) bond motifs is 1. The Bertz CT molecular complexity index is 558. The number of carboxylic acids is 1. The number of carboxylic acid groups (broad SMARTS) is 1. The van der Waals surface area contributed by atoms with Crippen LogP contribution in [0.25, 0.3) is 0 Å². The van der Waals surface area contributed by atoms with E-state index in [1.54, 1.807) is 18.2 Å². The number of benzene rings is 1. The van der Waals surface area contributed by atoms with E-state index in [0.29, 0.717) is 23.6 Å². The lowest BCUT2D eigenvalue weighted by Crippen LogP contribution is -2.48. The van der Waals surface area contributed by atoms with E-state index in [2.05, 4.69) is 0 Å². The van der Waals surface area contributed by atoms with Gasteiger partial charge in [-0.15, -0.1) is 0 Å². The van der Waals surface area contributed by atoms with Gasteiger partial charge < -0.3 is 24.2 Å². The van der Waals surface area contributed by atoms with Crippen LogP contribution in [0.1, 0.15) is 10.4 Å². The van der Waals surface area contributed by atoms with E-state index in [4.69, 9.17) is 19.3 Å². The molecule has 1 amide bonds. The molecule has 1 N–H and O–H groups in total. The number of nitrogens with zero attached hydrogens (tertiary/aromatic N) is 1. The van der Waals surface area contributed by atoms with Crippen molar-refractivity contribution in [1.82, 2.24) is 4.90 Å². The fourth-order valence-corrected chi connectivity index (χ4v) is 2.25. The van der Waals surface area contributed by atoms with Gasteiger partial charge in [-0.1, -0.05) is 6.07 Å². The van der Waals surface area contributed by atoms with Gasteiger partial charge in [0.25, 0.3) is 5.91 Å². The van der Waals surface area contributed by atoms with Crippen LogP contribution in [0, 0.1) is 0 Å². The molecule has 3 rings (SSSR count). The molecule has 1 fully saturated rings. The minimum atomic E-state index is -1.07. The summed E-state index contributed by atoms with van der Waals surface area (Å²) < 4.78 is 15.6. The molecule has 2 aliphatic rings.